The monoisotopic (exact) mass is 271 g/mol. The van der Waals surface area contributed by atoms with Gasteiger partial charge in [-0.15, -0.1) is 11.3 Å². The molecule has 0 radical (unpaired) electrons. The molecule has 98 valence electrons. The average molecular weight is 271 g/mol. The number of hydrogen-bond acceptors (Lipinski definition) is 3. The second-order valence-corrected chi connectivity index (χ2v) is 6.03. The van der Waals surface area contributed by atoms with Gasteiger partial charge in [0.05, 0.1) is 12.2 Å². The molecular formula is C15H17N3S. The van der Waals surface area contributed by atoms with Gasteiger partial charge in [0.1, 0.15) is 5.01 Å². The van der Waals surface area contributed by atoms with Crippen LogP contribution in [0.3, 0.4) is 0 Å². The molecule has 0 unspecified atom stereocenters. The second kappa shape index (κ2) is 4.79. The summed E-state index contributed by atoms with van der Waals surface area (Å²) in [5, 5.41) is 2.40. The van der Waals surface area contributed by atoms with E-state index in [9.17, 15) is 0 Å². The molecule has 3 nitrogen and oxygen atoms in total. The molecule has 1 aromatic carbocycles. The van der Waals surface area contributed by atoms with Crippen molar-refractivity contribution >= 4 is 22.2 Å². The molecule has 0 bridgehead atoms. The summed E-state index contributed by atoms with van der Waals surface area (Å²) in [7, 11) is 0. The van der Waals surface area contributed by atoms with Gasteiger partial charge < -0.3 is 10.3 Å². The van der Waals surface area contributed by atoms with Crippen LogP contribution < -0.4 is 5.73 Å². The van der Waals surface area contributed by atoms with Crippen LogP contribution in [0.15, 0.2) is 30.5 Å². The van der Waals surface area contributed by atoms with Crippen LogP contribution >= 0.6 is 11.3 Å². The number of nitrogens with two attached hydrogens (primary N) is 1. The van der Waals surface area contributed by atoms with Gasteiger partial charge in [0.25, 0.3) is 0 Å². The van der Waals surface area contributed by atoms with Crippen LogP contribution in [-0.2, 0) is 13.1 Å². The van der Waals surface area contributed by atoms with Gasteiger partial charge in [-0.25, -0.2) is 4.98 Å². The second-order valence-electron chi connectivity index (χ2n) is 4.75. The lowest BCUT2D eigenvalue weighted by molar-refractivity contribution is 0.824. The predicted octanol–water partition coefficient (Wildman–Crippen LogP) is 3.22. The van der Waals surface area contributed by atoms with Gasteiger partial charge in [0.2, 0.25) is 0 Å². The van der Waals surface area contributed by atoms with Crippen molar-refractivity contribution in [2.24, 2.45) is 5.73 Å². The van der Waals surface area contributed by atoms with Gasteiger partial charge in [-0.2, -0.15) is 0 Å². The molecule has 0 saturated carbocycles. The quantitative estimate of drug-likeness (QED) is 0.795. The van der Waals surface area contributed by atoms with Gasteiger partial charge in [0.15, 0.2) is 0 Å². The fourth-order valence-electron chi connectivity index (χ4n) is 2.36. The summed E-state index contributed by atoms with van der Waals surface area (Å²) in [6.07, 6.45) is 2.12. The minimum absolute atomic E-state index is 0.580. The molecule has 0 aliphatic carbocycles. The number of hydrogen-bond donors (Lipinski definition) is 1. The zero-order valence-corrected chi connectivity index (χ0v) is 12.0. The lowest BCUT2D eigenvalue weighted by atomic mass is 10.1. The molecule has 2 aromatic heterocycles. The highest BCUT2D eigenvalue weighted by Gasteiger charge is 2.08. The molecule has 0 spiro atoms. The van der Waals surface area contributed by atoms with Gasteiger partial charge in [-0.05, 0) is 31.5 Å². The van der Waals surface area contributed by atoms with Crippen molar-refractivity contribution in [2.75, 3.05) is 0 Å². The molecule has 0 amide bonds. The Morgan fingerprint density at radius 1 is 1.26 bits per heavy atom. The third kappa shape index (κ3) is 2.17. The Morgan fingerprint density at radius 3 is 2.79 bits per heavy atom. The zero-order valence-electron chi connectivity index (χ0n) is 11.2. The molecule has 0 atom stereocenters. The lowest BCUT2D eigenvalue weighted by Crippen LogP contribution is -1.99. The van der Waals surface area contributed by atoms with E-state index in [-0.39, 0.29) is 0 Å². The van der Waals surface area contributed by atoms with Crippen molar-refractivity contribution in [1.82, 2.24) is 9.55 Å². The van der Waals surface area contributed by atoms with E-state index in [1.807, 2.05) is 0 Å². The van der Waals surface area contributed by atoms with E-state index in [1.54, 1.807) is 11.3 Å². The molecular weight excluding hydrogens is 254 g/mol. The first-order chi connectivity index (χ1) is 9.19. The molecule has 0 fully saturated rings. The van der Waals surface area contributed by atoms with Crippen molar-refractivity contribution in [1.29, 1.82) is 0 Å². The molecule has 2 N–H and O–H groups in total. The molecule has 2 heterocycles. The van der Waals surface area contributed by atoms with E-state index in [2.05, 4.69) is 53.9 Å². The summed E-state index contributed by atoms with van der Waals surface area (Å²) in [6, 6.07) is 8.44. The van der Waals surface area contributed by atoms with E-state index in [4.69, 9.17) is 5.73 Å². The lowest BCUT2D eigenvalue weighted by Gasteiger charge is -2.04. The van der Waals surface area contributed by atoms with E-state index < -0.39 is 0 Å². The van der Waals surface area contributed by atoms with Crippen molar-refractivity contribution < 1.29 is 0 Å². The summed E-state index contributed by atoms with van der Waals surface area (Å²) in [5.74, 6) is 0. The summed E-state index contributed by atoms with van der Waals surface area (Å²) in [5.41, 5.74) is 9.35. The minimum atomic E-state index is 0.580. The standard InChI is InChI=1S/C15H17N3S/c1-10-11(2)19-15(17-10)9-18-7-6-13-12(8-16)4-3-5-14(13)18/h3-7H,8-9,16H2,1-2H3. The normalized spacial score (nSPS) is 11.3. The maximum absolute atomic E-state index is 5.78. The van der Waals surface area contributed by atoms with Crippen LogP contribution in [0.4, 0.5) is 0 Å². The van der Waals surface area contributed by atoms with Crippen LogP contribution in [0.25, 0.3) is 10.9 Å². The number of benzene rings is 1. The van der Waals surface area contributed by atoms with Crippen molar-refractivity contribution in [3.05, 3.63) is 51.6 Å². The number of fused-ring (bicyclic) bond motifs is 1. The maximum Gasteiger partial charge on any atom is 0.113 e. The Kier molecular flexibility index (Phi) is 3.12. The van der Waals surface area contributed by atoms with E-state index >= 15 is 0 Å². The van der Waals surface area contributed by atoms with Crippen LogP contribution in [0.2, 0.25) is 0 Å². The molecule has 19 heavy (non-hydrogen) atoms. The number of aromatic nitrogens is 2. The van der Waals surface area contributed by atoms with Gasteiger partial charge in [0, 0.05) is 28.5 Å². The topological polar surface area (TPSA) is 43.8 Å². The Hall–Kier alpha value is -1.65. The first-order valence-electron chi connectivity index (χ1n) is 6.38. The highest BCUT2D eigenvalue weighted by molar-refractivity contribution is 7.11. The summed E-state index contributed by atoms with van der Waals surface area (Å²) >= 11 is 1.77. The van der Waals surface area contributed by atoms with Crippen molar-refractivity contribution in [2.45, 2.75) is 26.9 Å². The molecule has 0 saturated heterocycles. The van der Waals surface area contributed by atoms with Crippen LogP contribution in [0.5, 0.6) is 0 Å². The first kappa shape index (κ1) is 12.4. The molecule has 0 aliphatic heterocycles. The molecule has 3 aromatic rings. The Morgan fingerprint density at radius 2 is 2.11 bits per heavy atom. The van der Waals surface area contributed by atoms with Gasteiger partial charge in [-0.3, -0.25) is 0 Å². The average Bonchev–Trinajstić information content (AvgIpc) is 2.95. The van der Waals surface area contributed by atoms with E-state index in [1.165, 1.54) is 21.3 Å². The largest absolute Gasteiger partial charge is 0.341 e. The van der Waals surface area contributed by atoms with Crippen LogP contribution in [-0.4, -0.2) is 9.55 Å². The summed E-state index contributed by atoms with van der Waals surface area (Å²) in [6.45, 7) is 5.60. The highest BCUT2D eigenvalue weighted by atomic mass is 32.1. The summed E-state index contributed by atoms with van der Waals surface area (Å²) < 4.78 is 2.24. The first-order valence-corrected chi connectivity index (χ1v) is 7.20. The SMILES string of the molecule is Cc1nc(Cn2ccc3c(CN)cccc32)sc1C. The van der Waals surface area contributed by atoms with Crippen LogP contribution in [0.1, 0.15) is 21.1 Å². The van der Waals surface area contributed by atoms with Gasteiger partial charge in [-0.1, -0.05) is 12.1 Å². The fourth-order valence-corrected chi connectivity index (χ4v) is 3.29. The molecule has 3 rings (SSSR count). The van der Waals surface area contributed by atoms with E-state index in [0.29, 0.717) is 6.54 Å². The van der Waals surface area contributed by atoms with Crippen molar-refractivity contribution in [3.8, 4) is 0 Å². The Labute approximate surface area is 116 Å². The van der Waals surface area contributed by atoms with Crippen molar-refractivity contribution in [3.63, 3.8) is 0 Å². The predicted molar refractivity (Wildman–Crippen MR) is 80.5 cm³/mol. The minimum Gasteiger partial charge on any atom is -0.341 e. The fraction of sp³-hybridized carbons (Fsp3) is 0.267. The number of nitrogens with zero attached hydrogens (tertiary/aromatic N) is 2. The number of thiazole rings is 1. The maximum atomic E-state index is 5.78. The third-order valence-corrected chi connectivity index (χ3v) is 4.56. The zero-order chi connectivity index (χ0) is 13.4. The Balaban J connectivity index is 2.02. The Bertz CT molecular complexity index is 705. The number of aryl methyl sites for hydroxylation is 2. The third-order valence-electron chi connectivity index (χ3n) is 3.50. The number of rotatable bonds is 3. The van der Waals surface area contributed by atoms with Gasteiger partial charge >= 0.3 is 0 Å². The molecule has 0 aliphatic rings. The smallest absolute Gasteiger partial charge is 0.113 e. The van der Waals surface area contributed by atoms with Crippen LogP contribution in [0, 0.1) is 13.8 Å². The molecule has 4 heteroatoms. The highest BCUT2D eigenvalue weighted by Crippen LogP contribution is 2.23. The summed E-state index contributed by atoms with van der Waals surface area (Å²) in [4.78, 5) is 5.91. The van der Waals surface area contributed by atoms with E-state index in [0.717, 1.165) is 17.2 Å².